The van der Waals surface area contributed by atoms with Gasteiger partial charge in [0.1, 0.15) is 0 Å². The lowest BCUT2D eigenvalue weighted by atomic mass is 10.2. The summed E-state index contributed by atoms with van der Waals surface area (Å²) in [6.07, 6.45) is 4.92. The van der Waals surface area contributed by atoms with Gasteiger partial charge in [-0.25, -0.2) is 4.79 Å². The molecular formula is C13H17NO2. The Morgan fingerprint density at radius 1 is 1.38 bits per heavy atom. The van der Waals surface area contributed by atoms with Gasteiger partial charge in [0.05, 0.1) is 6.61 Å². The Bertz CT molecular complexity index is 333. The third-order valence-electron chi connectivity index (χ3n) is 2.01. The van der Waals surface area contributed by atoms with Gasteiger partial charge in [0.15, 0.2) is 0 Å². The smallest absolute Gasteiger partial charge is 0.411 e. The van der Waals surface area contributed by atoms with Gasteiger partial charge < -0.3 is 4.74 Å². The van der Waals surface area contributed by atoms with Gasteiger partial charge in [-0.05, 0) is 18.1 Å². The monoisotopic (exact) mass is 219 g/mol. The number of carbonyl (C=O) groups is 1. The molecule has 0 unspecified atom stereocenters. The number of rotatable bonds is 5. The quantitative estimate of drug-likeness (QED) is 0.772. The van der Waals surface area contributed by atoms with E-state index in [4.69, 9.17) is 4.74 Å². The largest absolute Gasteiger partial charge is 0.449 e. The van der Waals surface area contributed by atoms with E-state index in [1.165, 1.54) is 0 Å². The van der Waals surface area contributed by atoms with E-state index in [9.17, 15) is 4.79 Å². The van der Waals surface area contributed by atoms with Crippen molar-refractivity contribution < 1.29 is 9.53 Å². The molecule has 0 aliphatic rings. The molecule has 0 bridgehead atoms. The number of unbranched alkanes of at least 4 members (excludes halogenated alkanes) is 1. The number of hydrogen-bond donors (Lipinski definition) is 1. The van der Waals surface area contributed by atoms with Gasteiger partial charge in [-0.2, -0.15) is 0 Å². The first-order chi connectivity index (χ1) is 7.83. The van der Waals surface area contributed by atoms with Crippen LogP contribution in [-0.2, 0) is 4.74 Å². The summed E-state index contributed by atoms with van der Waals surface area (Å²) in [7, 11) is 0. The maximum absolute atomic E-state index is 11.1. The summed E-state index contributed by atoms with van der Waals surface area (Å²) in [5, 5.41) is 2.55. The summed E-state index contributed by atoms with van der Waals surface area (Å²) in [5.41, 5.74) is 1.04. The summed E-state index contributed by atoms with van der Waals surface area (Å²) in [5.74, 6) is 0. The van der Waals surface area contributed by atoms with Crippen LogP contribution < -0.4 is 5.32 Å². The molecule has 0 saturated carbocycles. The molecule has 0 fully saturated rings. The van der Waals surface area contributed by atoms with Gasteiger partial charge in [0, 0.05) is 6.20 Å². The van der Waals surface area contributed by atoms with Crippen molar-refractivity contribution in [1.29, 1.82) is 0 Å². The lowest BCUT2D eigenvalue weighted by Gasteiger charge is -2.02. The highest BCUT2D eigenvalue weighted by Gasteiger charge is 1.96. The summed E-state index contributed by atoms with van der Waals surface area (Å²) in [4.78, 5) is 11.1. The Morgan fingerprint density at radius 3 is 2.81 bits per heavy atom. The zero-order chi connectivity index (χ0) is 11.6. The van der Waals surface area contributed by atoms with Crippen molar-refractivity contribution in [1.82, 2.24) is 5.32 Å². The van der Waals surface area contributed by atoms with E-state index in [-0.39, 0.29) is 0 Å². The molecule has 0 aromatic heterocycles. The number of nitrogens with one attached hydrogen (secondary N) is 1. The molecule has 1 amide bonds. The molecule has 1 rings (SSSR count). The molecule has 1 N–H and O–H groups in total. The highest BCUT2D eigenvalue weighted by Crippen LogP contribution is 1.99. The molecule has 86 valence electrons. The van der Waals surface area contributed by atoms with Crippen LogP contribution in [0.3, 0.4) is 0 Å². The fourth-order valence-electron chi connectivity index (χ4n) is 1.12. The van der Waals surface area contributed by atoms with E-state index in [1.807, 2.05) is 36.4 Å². The zero-order valence-electron chi connectivity index (χ0n) is 9.48. The second-order valence-corrected chi connectivity index (χ2v) is 3.38. The number of hydrogen-bond acceptors (Lipinski definition) is 2. The molecule has 1 aromatic rings. The van der Waals surface area contributed by atoms with Crippen molar-refractivity contribution in [3.05, 3.63) is 42.1 Å². The van der Waals surface area contributed by atoms with Crippen molar-refractivity contribution in [2.45, 2.75) is 19.8 Å². The molecule has 0 spiro atoms. The average Bonchev–Trinajstić information content (AvgIpc) is 2.31. The van der Waals surface area contributed by atoms with Crippen molar-refractivity contribution >= 4 is 12.2 Å². The molecule has 16 heavy (non-hydrogen) atoms. The molecule has 0 radical (unpaired) electrons. The van der Waals surface area contributed by atoms with E-state index in [0.29, 0.717) is 6.61 Å². The van der Waals surface area contributed by atoms with Gasteiger partial charge in [-0.3, -0.25) is 5.32 Å². The third-order valence-corrected chi connectivity index (χ3v) is 2.01. The fourth-order valence-corrected chi connectivity index (χ4v) is 1.12. The van der Waals surface area contributed by atoms with Crippen LogP contribution in [-0.4, -0.2) is 12.7 Å². The van der Waals surface area contributed by atoms with E-state index < -0.39 is 6.09 Å². The van der Waals surface area contributed by atoms with E-state index in [2.05, 4.69) is 12.2 Å². The van der Waals surface area contributed by atoms with Gasteiger partial charge in [0.2, 0.25) is 0 Å². The van der Waals surface area contributed by atoms with Crippen LogP contribution in [0.5, 0.6) is 0 Å². The van der Waals surface area contributed by atoms with E-state index >= 15 is 0 Å². The first-order valence-electron chi connectivity index (χ1n) is 5.48. The number of benzene rings is 1. The number of alkyl carbamates (subject to hydrolysis) is 1. The van der Waals surface area contributed by atoms with Crippen LogP contribution in [0.4, 0.5) is 4.79 Å². The van der Waals surface area contributed by atoms with Gasteiger partial charge >= 0.3 is 6.09 Å². The Hall–Kier alpha value is -1.77. The Labute approximate surface area is 96.1 Å². The Kier molecular flexibility index (Phi) is 5.78. The van der Waals surface area contributed by atoms with Crippen molar-refractivity contribution in [2.24, 2.45) is 0 Å². The van der Waals surface area contributed by atoms with E-state index in [0.717, 1.165) is 18.4 Å². The molecule has 3 nitrogen and oxygen atoms in total. The standard InChI is InChI=1S/C13H17NO2/c1-2-3-11-16-13(15)14-10-9-12-7-5-4-6-8-12/h4-10H,2-3,11H2,1H3,(H,14,15). The molecule has 0 aliphatic heterocycles. The van der Waals surface area contributed by atoms with Gasteiger partial charge in [-0.1, -0.05) is 43.7 Å². The first-order valence-corrected chi connectivity index (χ1v) is 5.48. The Balaban J connectivity index is 2.24. The van der Waals surface area contributed by atoms with Crippen molar-refractivity contribution in [3.63, 3.8) is 0 Å². The maximum Gasteiger partial charge on any atom is 0.411 e. The van der Waals surface area contributed by atoms with Crippen LogP contribution in [0.15, 0.2) is 36.5 Å². The first kappa shape index (κ1) is 12.3. The topological polar surface area (TPSA) is 38.3 Å². The van der Waals surface area contributed by atoms with Crippen molar-refractivity contribution in [3.8, 4) is 0 Å². The summed E-state index contributed by atoms with van der Waals surface area (Å²) < 4.78 is 4.92. The number of carbonyl (C=O) groups excluding carboxylic acids is 1. The highest BCUT2D eigenvalue weighted by molar-refractivity contribution is 5.69. The normalized spacial score (nSPS) is 10.3. The molecule has 1 aromatic carbocycles. The minimum atomic E-state index is -0.402. The maximum atomic E-state index is 11.1. The molecule has 0 atom stereocenters. The summed E-state index contributed by atoms with van der Waals surface area (Å²) in [6.45, 7) is 2.53. The molecule has 0 heterocycles. The van der Waals surface area contributed by atoms with E-state index in [1.54, 1.807) is 6.20 Å². The predicted octanol–water partition coefficient (Wildman–Crippen LogP) is 3.18. The SMILES string of the molecule is CCCCOC(=O)NC=Cc1ccccc1. The van der Waals surface area contributed by atoms with Crippen LogP contribution in [0.2, 0.25) is 0 Å². The average molecular weight is 219 g/mol. The lowest BCUT2D eigenvalue weighted by Crippen LogP contribution is -2.18. The van der Waals surface area contributed by atoms with Gasteiger partial charge in [0.25, 0.3) is 0 Å². The third kappa shape index (κ3) is 5.20. The molecular weight excluding hydrogens is 202 g/mol. The highest BCUT2D eigenvalue weighted by atomic mass is 16.5. The summed E-state index contributed by atoms with van der Waals surface area (Å²) in [6, 6.07) is 9.75. The van der Waals surface area contributed by atoms with Crippen molar-refractivity contribution in [2.75, 3.05) is 6.61 Å². The summed E-state index contributed by atoms with van der Waals surface area (Å²) >= 11 is 0. The predicted molar refractivity (Wildman–Crippen MR) is 64.9 cm³/mol. The molecule has 3 heteroatoms. The second-order valence-electron chi connectivity index (χ2n) is 3.38. The van der Waals surface area contributed by atoms with Crippen LogP contribution in [0, 0.1) is 0 Å². The second kappa shape index (κ2) is 7.51. The molecule has 0 saturated heterocycles. The fraction of sp³-hybridized carbons (Fsp3) is 0.308. The van der Waals surface area contributed by atoms with Gasteiger partial charge in [-0.15, -0.1) is 0 Å². The van der Waals surface area contributed by atoms with Crippen LogP contribution >= 0.6 is 0 Å². The lowest BCUT2D eigenvalue weighted by molar-refractivity contribution is 0.148. The number of amides is 1. The Morgan fingerprint density at radius 2 is 2.12 bits per heavy atom. The molecule has 0 aliphatic carbocycles. The minimum Gasteiger partial charge on any atom is -0.449 e. The zero-order valence-corrected chi connectivity index (χ0v) is 9.48. The van der Waals surface area contributed by atoms with Crippen LogP contribution in [0.1, 0.15) is 25.3 Å². The minimum absolute atomic E-state index is 0.402. The van der Waals surface area contributed by atoms with Crippen LogP contribution in [0.25, 0.3) is 6.08 Å². The number of ether oxygens (including phenoxy) is 1.